The van der Waals surface area contributed by atoms with E-state index in [-0.39, 0.29) is 0 Å². The lowest BCUT2D eigenvalue weighted by Crippen LogP contribution is -2.45. The minimum absolute atomic E-state index is 0.486. The molecular formula is C23H48NO+. The number of hydrogen-bond donors (Lipinski definition) is 0. The average Bonchev–Trinajstić information content (AvgIpc) is 2.55. The van der Waals surface area contributed by atoms with Crippen molar-refractivity contribution in [3.63, 3.8) is 0 Å². The first kappa shape index (κ1) is 23.0. The third kappa shape index (κ3) is 9.99. The average molecular weight is 355 g/mol. The lowest BCUT2D eigenvalue weighted by atomic mass is 9.75. The Morgan fingerprint density at radius 1 is 0.920 bits per heavy atom. The Kier molecular flexibility index (Phi) is 11.3. The number of quaternary nitrogens is 1. The van der Waals surface area contributed by atoms with Crippen LogP contribution in [0.3, 0.4) is 0 Å². The molecule has 0 aliphatic heterocycles. The van der Waals surface area contributed by atoms with Gasteiger partial charge in [0.15, 0.2) is 6.73 Å². The molecule has 1 aliphatic rings. The smallest absolute Gasteiger partial charge is 0.183 e. The highest BCUT2D eigenvalue weighted by molar-refractivity contribution is 4.81. The third-order valence-corrected chi connectivity index (χ3v) is 6.22. The Bertz CT molecular complexity index is 326. The van der Waals surface area contributed by atoms with E-state index in [1.807, 2.05) is 0 Å². The van der Waals surface area contributed by atoms with Gasteiger partial charge < -0.3 is 9.22 Å². The standard InChI is InChI=1S/C23H48NO/c1-7-8-9-10-11-12-13-14-17-24(5,6)19-25-23-18-21(4)15-16-22(23)20(2)3/h20-23H,7-19H2,1-6H3/q+1/t21-,22-,23-/m0/s1. The van der Waals surface area contributed by atoms with Gasteiger partial charge in [0.1, 0.15) is 0 Å². The van der Waals surface area contributed by atoms with E-state index in [4.69, 9.17) is 4.74 Å². The van der Waals surface area contributed by atoms with Crippen LogP contribution in [0.25, 0.3) is 0 Å². The first-order valence-corrected chi connectivity index (χ1v) is 11.3. The van der Waals surface area contributed by atoms with Crippen molar-refractivity contribution in [2.45, 2.75) is 104 Å². The fourth-order valence-corrected chi connectivity index (χ4v) is 4.34. The molecule has 0 aromatic heterocycles. The summed E-state index contributed by atoms with van der Waals surface area (Å²) in [6, 6.07) is 0. The monoisotopic (exact) mass is 354 g/mol. The Balaban J connectivity index is 2.20. The molecule has 25 heavy (non-hydrogen) atoms. The molecule has 1 fully saturated rings. The SMILES string of the molecule is CCCCCCCCCC[N+](C)(C)CO[C@H]1C[C@@H](C)CC[C@H]1C(C)C. The molecule has 1 saturated carbocycles. The van der Waals surface area contributed by atoms with Gasteiger partial charge in [-0.2, -0.15) is 0 Å². The van der Waals surface area contributed by atoms with E-state index in [1.165, 1.54) is 77.2 Å². The summed E-state index contributed by atoms with van der Waals surface area (Å²) in [6.07, 6.45) is 15.7. The lowest BCUT2D eigenvalue weighted by Gasteiger charge is -2.39. The topological polar surface area (TPSA) is 9.23 Å². The molecule has 0 unspecified atom stereocenters. The maximum atomic E-state index is 6.49. The second-order valence-corrected chi connectivity index (χ2v) is 9.79. The van der Waals surface area contributed by atoms with Gasteiger partial charge in [-0.25, -0.2) is 0 Å². The highest BCUT2D eigenvalue weighted by Crippen LogP contribution is 2.35. The van der Waals surface area contributed by atoms with Crippen molar-refractivity contribution in [3.8, 4) is 0 Å². The van der Waals surface area contributed by atoms with Crippen LogP contribution < -0.4 is 0 Å². The van der Waals surface area contributed by atoms with Crippen LogP contribution in [0.2, 0.25) is 0 Å². The van der Waals surface area contributed by atoms with Crippen molar-refractivity contribution in [1.29, 1.82) is 0 Å². The molecule has 0 N–H and O–H groups in total. The van der Waals surface area contributed by atoms with Crippen LogP contribution in [0.4, 0.5) is 0 Å². The molecule has 0 bridgehead atoms. The van der Waals surface area contributed by atoms with Gasteiger partial charge in [-0.15, -0.1) is 0 Å². The summed E-state index contributed by atoms with van der Waals surface area (Å²) in [6.45, 7) is 11.6. The van der Waals surface area contributed by atoms with Gasteiger partial charge in [-0.3, -0.25) is 0 Å². The van der Waals surface area contributed by atoms with Crippen LogP contribution in [0.1, 0.15) is 98.3 Å². The van der Waals surface area contributed by atoms with Crippen LogP contribution >= 0.6 is 0 Å². The lowest BCUT2D eigenvalue weighted by molar-refractivity contribution is -0.911. The predicted molar refractivity (Wildman–Crippen MR) is 111 cm³/mol. The summed E-state index contributed by atoms with van der Waals surface area (Å²) in [5, 5.41) is 0. The molecule has 2 nitrogen and oxygen atoms in total. The second-order valence-electron chi connectivity index (χ2n) is 9.79. The summed E-state index contributed by atoms with van der Waals surface area (Å²) >= 11 is 0. The quantitative estimate of drug-likeness (QED) is 0.205. The van der Waals surface area contributed by atoms with Crippen LogP contribution in [-0.2, 0) is 4.74 Å². The minimum Gasteiger partial charge on any atom is -0.328 e. The number of unbranched alkanes of at least 4 members (excludes halogenated alkanes) is 7. The first-order valence-electron chi connectivity index (χ1n) is 11.3. The number of ether oxygens (including phenoxy) is 1. The molecule has 1 aliphatic carbocycles. The van der Waals surface area contributed by atoms with E-state index in [2.05, 4.69) is 41.8 Å². The second kappa shape index (κ2) is 12.3. The molecule has 150 valence electrons. The molecule has 2 heteroatoms. The number of hydrogen-bond acceptors (Lipinski definition) is 1. The van der Waals surface area contributed by atoms with Gasteiger partial charge in [-0.05, 0) is 43.4 Å². The van der Waals surface area contributed by atoms with Crippen molar-refractivity contribution in [2.75, 3.05) is 27.4 Å². The molecule has 0 aromatic carbocycles. The predicted octanol–water partition coefficient (Wildman–Crippen LogP) is 6.64. The van der Waals surface area contributed by atoms with Crippen LogP contribution in [-0.4, -0.2) is 38.0 Å². The van der Waals surface area contributed by atoms with E-state index >= 15 is 0 Å². The number of nitrogens with zero attached hydrogens (tertiary/aromatic N) is 1. The summed E-state index contributed by atoms with van der Waals surface area (Å²) in [5.74, 6) is 2.35. The highest BCUT2D eigenvalue weighted by atomic mass is 16.5. The fourth-order valence-electron chi connectivity index (χ4n) is 4.34. The summed E-state index contributed by atoms with van der Waals surface area (Å²) < 4.78 is 7.51. The molecule has 0 saturated heterocycles. The zero-order valence-electron chi connectivity index (χ0n) is 18.4. The fraction of sp³-hybridized carbons (Fsp3) is 1.00. The van der Waals surface area contributed by atoms with Gasteiger partial charge in [0.05, 0.1) is 26.7 Å². The Hall–Kier alpha value is -0.0800. The molecule has 3 atom stereocenters. The Morgan fingerprint density at radius 3 is 2.12 bits per heavy atom. The first-order chi connectivity index (χ1) is 11.9. The third-order valence-electron chi connectivity index (χ3n) is 6.22. The zero-order chi connectivity index (χ0) is 18.7. The van der Waals surface area contributed by atoms with Crippen LogP contribution in [0.5, 0.6) is 0 Å². The number of rotatable bonds is 13. The van der Waals surface area contributed by atoms with Crippen molar-refractivity contribution in [3.05, 3.63) is 0 Å². The Morgan fingerprint density at radius 2 is 1.52 bits per heavy atom. The highest BCUT2D eigenvalue weighted by Gasteiger charge is 2.32. The van der Waals surface area contributed by atoms with Gasteiger partial charge in [0.2, 0.25) is 0 Å². The van der Waals surface area contributed by atoms with E-state index in [9.17, 15) is 0 Å². The molecule has 0 amide bonds. The molecule has 0 aromatic rings. The summed E-state index contributed by atoms with van der Waals surface area (Å²) in [4.78, 5) is 0. The van der Waals surface area contributed by atoms with Crippen LogP contribution in [0, 0.1) is 17.8 Å². The molecule has 0 spiro atoms. The van der Waals surface area contributed by atoms with E-state index in [0.717, 1.165) is 29.0 Å². The Labute approximate surface area is 159 Å². The molecule has 0 heterocycles. The van der Waals surface area contributed by atoms with Crippen molar-refractivity contribution >= 4 is 0 Å². The largest absolute Gasteiger partial charge is 0.328 e. The minimum atomic E-state index is 0.486. The summed E-state index contributed by atoms with van der Waals surface area (Å²) in [7, 11) is 4.69. The van der Waals surface area contributed by atoms with Gasteiger partial charge in [-0.1, -0.05) is 72.6 Å². The van der Waals surface area contributed by atoms with Gasteiger partial charge >= 0.3 is 0 Å². The van der Waals surface area contributed by atoms with Crippen molar-refractivity contribution in [1.82, 2.24) is 0 Å². The van der Waals surface area contributed by atoms with E-state index < -0.39 is 0 Å². The van der Waals surface area contributed by atoms with Crippen molar-refractivity contribution < 1.29 is 9.22 Å². The van der Waals surface area contributed by atoms with Gasteiger partial charge in [0, 0.05) is 0 Å². The summed E-state index contributed by atoms with van der Waals surface area (Å²) in [5.41, 5.74) is 0. The molecule has 1 rings (SSSR count). The molecular weight excluding hydrogens is 306 g/mol. The van der Waals surface area contributed by atoms with E-state index in [1.54, 1.807) is 0 Å². The normalized spacial score (nSPS) is 24.8. The molecule has 0 radical (unpaired) electrons. The maximum absolute atomic E-state index is 6.49. The van der Waals surface area contributed by atoms with Crippen molar-refractivity contribution in [2.24, 2.45) is 17.8 Å². The maximum Gasteiger partial charge on any atom is 0.183 e. The van der Waals surface area contributed by atoms with Crippen LogP contribution in [0.15, 0.2) is 0 Å². The van der Waals surface area contributed by atoms with E-state index in [0.29, 0.717) is 6.10 Å². The van der Waals surface area contributed by atoms with Gasteiger partial charge in [0.25, 0.3) is 0 Å². The zero-order valence-corrected chi connectivity index (χ0v) is 18.4.